The van der Waals surface area contributed by atoms with Crippen molar-refractivity contribution >= 4 is 24.1 Å². The predicted octanol–water partition coefficient (Wildman–Crippen LogP) is 1.02. The first-order chi connectivity index (χ1) is 10.2. The first-order valence-corrected chi connectivity index (χ1v) is 7.28. The lowest BCUT2D eigenvalue weighted by atomic mass is 10.3. The number of carbonyl (C=O) groups is 1. The number of nitrogens with one attached hydrogen (secondary N) is 1. The van der Waals surface area contributed by atoms with Crippen LogP contribution < -0.4 is 10.2 Å². The van der Waals surface area contributed by atoms with Gasteiger partial charge in [-0.05, 0) is 25.6 Å². The molecule has 1 aromatic rings. The molecule has 0 aromatic carbocycles. The highest BCUT2D eigenvalue weighted by Crippen LogP contribution is 2.14. The number of carbonyl (C=O) groups excluding carboxylic acids is 1. The van der Waals surface area contributed by atoms with Gasteiger partial charge in [-0.2, -0.15) is 5.26 Å². The van der Waals surface area contributed by atoms with Crippen molar-refractivity contribution in [1.82, 2.24) is 15.2 Å². The maximum atomic E-state index is 12.1. The summed E-state index contributed by atoms with van der Waals surface area (Å²) in [6.07, 6.45) is 3.08. The van der Waals surface area contributed by atoms with Crippen LogP contribution in [-0.4, -0.2) is 55.6 Å². The number of aromatic nitrogens is 1. The smallest absolute Gasteiger partial charge is 0.223 e. The molecule has 1 fully saturated rings. The van der Waals surface area contributed by atoms with E-state index in [2.05, 4.69) is 21.3 Å². The molecule has 7 heteroatoms. The molecule has 1 amide bonds. The lowest BCUT2D eigenvalue weighted by Crippen LogP contribution is -2.36. The fraction of sp³-hybridized carbons (Fsp3) is 0.533. The van der Waals surface area contributed by atoms with Gasteiger partial charge in [0.15, 0.2) is 0 Å². The third kappa shape index (κ3) is 4.86. The maximum absolute atomic E-state index is 12.1. The summed E-state index contributed by atoms with van der Waals surface area (Å²) in [5.41, 5.74) is 0.567. The van der Waals surface area contributed by atoms with Crippen LogP contribution in [0.1, 0.15) is 18.4 Å². The Hall–Kier alpha value is -1.84. The number of rotatable bonds is 4. The third-order valence-electron chi connectivity index (χ3n) is 3.64. The number of halogens is 1. The fourth-order valence-corrected chi connectivity index (χ4v) is 2.43. The number of amides is 1. The second-order valence-corrected chi connectivity index (χ2v) is 5.09. The molecule has 1 aliphatic heterocycles. The van der Waals surface area contributed by atoms with Gasteiger partial charge < -0.3 is 15.1 Å². The van der Waals surface area contributed by atoms with Crippen LogP contribution in [0.15, 0.2) is 18.3 Å². The molecule has 0 saturated carbocycles. The van der Waals surface area contributed by atoms with Crippen molar-refractivity contribution in [3.63, 3.8) is 0 Å². The summed E-state index contributed by atoms with van der Waals surface area (Å²) in [5, 5.41) is 11.8. The Morgan fingerprint density at radius 1 is 1.36 bits per heavy atom. The average Bonchev–Trinajstić information content (AvgIpc) is 2.79. The monoisotopic (exact) mass is 323 g/mol. The average molecular weight is 324 g/mol. The highest BCUT2D eigenvalue weighted by molar-refractivity contribution is 5.85. The molecule has 1 N–H and O–H groups in total. The molecule has 1 saturated heterocycles. The summed E-state index contributed by atoms with van der Waals surface area (Å²) < 4.78 is 0. The number of nitrogens with zero attached hydrogens (tertiary/aromatic N) is 4. The molecule has 0 atom stereocenters. The molecule has 0 bridgehead atoms. The van der Waals surface area contributed by atoms with Crippen LogP contribution in [0.4, 0.5) is 5.82 Å². The molecule has 1 aliphatic rings. The van der Waals surface area contributed by atoms with Gasteiger partial charge in [-0.25, -0.2) is 4.98 Å². The molecule has 22 heavy (non-hydrogen) atoms. The lowest BCUT2D eigenvalue weighted by Gasteiger charge is -2.22. The molecule has 6 nitrogen and oxygen atoms in total. The van der Waals surface area contributed by atoms with Crippen molar-refractivity contribution in [2.24, 2.45) is 0 Å². The van der Waals surface area contributed by atoms with Gasteiger partial charge in [-0.1, -0.05) is 0 Å². The van der Waals surface area contributed by atoms with Crippen molar-refractivity contribution < 1.29 is 4.79 Å². The predicted molar refractivity (Wildman–Crippen MR) is 88.2 cm³/mol. The molecule has 2 rings (SSSR count). The minimum atomic E-state index is 0. The molecule has 120 valence electrons. The van der Waals surface area contributed by atoms with Crippen molar-refractivity contribution in [3.8, 4) is 6.07 Å². The molecular formula is C15H22ClN5O. The molecule has 1 aromatic heterocycles. The summed E-state index contributed by atoms with van der Waals surface area (Å²) in [6.45, 7) is 3.91. The second-order valence-electron chi connectivity index (χ2n) is 5.09. The SMILES string of the molecule is CNCCC(=O)N1CCCN(c2ccc(C#N)cn2)CC1.Cl. The normalized spacial score (nSPS) is 14.7. The molecule has 0 radical (unpaired) electrons. The zero-order valence-corrected chi connectivity index (χ0v) is 13.6. The standard InChI is InChI=1S/C15H21N5O.ClH/c1-17-6-5-15(21)20-8-2-7-19(9-10-20)14-4-3-13(11-16)12-18-14;/h3-4,12,17H,2,5-10H2,1H3;1H. The molecular weight excluding hydrogens is 302 g/mol. The van der Waals surface area contributed by atoms with Crippen LogP contribution >= 0.6 is 12.4 Å². The van der Waals surface area contributed by atoms with E-state index in [1.165, 1.54) is 0 Å². The van der Waals surface area contributed by atoms with E-state index in [9.17, 15) is 4.79 Å². The Morgan fingerprint density at radius 2 is 2.18 bits per heavy atom. The van der Waals surface area contributed by atoms with Crippen LogP contribution in [0.5, 0.6) is 0 Å². The van der Waals surface area contributed by atoms with E-state index in [1.807, 2.05) is 18.0 Å². The van der Waals surface area contributed by atoms with Crippen LogP contribution in [0.2, 0.25) is 0 Å². The van der Waals surface area contributed by atoms with Crippen molar-refractivity contribution in [2.75, 3.05) is 44.7 Å². The van der Waals surface area contributed by atoms with E-state index >= 15 is 0 Å². The second kappa shape index (κ2) is 9.23. The molecule has 0 spiro atoms. The van der Waals surface area contributed by atoms with Gasteiger partial charge in [0.05, 0.1) is 5.56 Å². The highest BCUT2D eigenvalue weighted by atomic mass is 35.5. The largest absolute Gasteiger partial charge is 0.355 e. The Labute approximate surface area is 137 Å². The van der Waals surface area contributed by atoms with Crippen LogP contribution in [0, 0.1) is 11.3 Å². The summed E-state index contributed by atoms with van der Waals surface area (Å²) >= 11 is 0. The lowest BCUT2D eigenvalue weighted by molar-refractivity contribution is -0.130. The number of pyridine rings is 1. The van der Waals surface area contributed by atoms with Gasteiger partial charge in [-0.15, -0.1) is 12.4 Å². The van der Waals surface area contributed by atoms with Crippen LogP contribution in [0.3, 0.4) is 0 Å². The van der Waals surface area contributed by atoms with E-state index in [1.54, 1.807) is 12.3 Å². The van der Waals surface area contributed by atoms with E-state index in [0.29, 0.717) is 12.0 Å². The van der Waals surface area contributed by atoms with Crippen LogP contribution in [-0.2, 0) is 4.79 Å². The maximum Gasteiger partial charge on any atom is 0.223 e. The van der Waals surface area contributed by atoms with Crippen molar-refractivity contribution in [3.05, 3.63) is 23.9 Å². The molecule has 0 unspecified atom stereocenters. The first-order valence-electron chi connectivity index (χ1n) is 7.28. The summed E-state index contributed by atoms with van der Waals surface area (Å²) in [6, 6.07) is 5.72. The van der Waals surface area contributed by atoms with E-state index in [4.69, 9.17) is 5.26 Å². The zero-order chi connectivity index (χ0) is 15.1. The number of hydrogen-bond acceptors (Lipinski definition) is 5. The van der Waals surface area contributed by atoms with Gasteiger partial charge in [0.2, 0.25) is 5.91 Å². The van der Waals surface area contributed by atoms with Gasteiger partial charge in [0.25, 0.3) is 0 Å². The summed E-state index contributed by atoms with van der Waals surface area (Å²) in [4.78, 5) is 20.5. The van der Waals surface area contributed by atoms with Gasteiger partial charge >= 0.3 is 0 Å². The number of hydrogen-bond donors (Lipinski definition) is 1. The highest BCUT2D eigenvalue weighted by Gasteiger charge is 2.19. The summed E-state index contributed by atoms with van der Waals surface area (Å²) in [5.74, 6) is 1.08. The minimum absolute atomic E-state index is 0. The Kier molecular flexibility index (Phi) is 7.64. The van der Waals surface area contributed by atoms with Crippen molar-refractivity contribution in [2.45, 2.75) is 12.8 Å². The quantitative estimate of drug-likeness (QED) is 0.895. The molecule has 0 aliphatic carbocycles. The number of nitriles is 1. The van der Waals surface area contributed by atoms with Gasteiger partial charge in [0, 0.05) is 45.3 Å². The van der Waals surface area contributed by atoms with E-state index in [-0.39, 0.29) is 18.3 Å². The van der Waals surface area contributed by atoms with Gasteiger partial charge in [-0.3, -0.25) is 4.79 Å². The van der Waals surface area contributed by atoms with Crippen LogP contribution in [0.25, 0.3) is 0 Å². The first kappa shape index (κ1) is 18.2. The van der Waals surface area contributed by atoms with E-state index < -0.39 is 0 Å². The minimum Gasteiger partial charge on any atom is -0.355 e. The van der Waals surface area contributed by atoms with Gasteiger partial charge in [0.1, 0.15) is 11.9 Å². The van der Waals surface area contributed by atoms with Crippen molar-refractivity contribution in [1.29, 1.82) is 5.26 Å². The Balaban J connectivity index is 0.00000242. The summed E-state index contributed by atoms with van der Waals surface area (Å²) in [7, 11) is 1.86. The topological polar surface area (TPSA) is 72.3 Å². The Morgan fingerprint density at radius 3 is 2.82 bits per heavy atom. The Bertz CT molecular complexity index is 514. The third-order valence-corrected chi connectivity index (χ3v) is 3.64. The number of anilines is 1. The molecule has 2 heterocycles. The van der Waals surface area contributed by atoms with E-state index in [0.717, 1.165) is 45.0 Å². The zero-order valence-electron chi connectivity index (χ0n) is 12.8. The fourth-order valence-electron chi connectivity index (χ4n) is 2.43.